The van der Waals surface area contributed by atoms with Gasteiger partial charge in [-0.1, -0.05) is 11.6 Å². The van der Waals surface area contributed by atoms with E-state index >= 15 is 4.39 Å². The van der Waals surface area contributed by atoms with Gasteiger partial charge in [0, 0.05) is 25.8 Å². The molecule has 5 heterocycles. The Labute approximate surface area is 171 Å². The lowest BCUT2D eigenvalue weighted by molar-refractivity contribution is -0.0605. The molecule has 2 bridgehead atoms. The van der Waals surface area contributed by atoms with Gasteiger partial charge in [-0.3, -0.25) is 4.68 Å². The molecule has 2 atom stereocenters. The van der Waals surface area contributed by atoms with Crippen LogP contribution >= 0.6 is 11.6 Å². The van der Waals surface area contributed by atoms with Crippen molar-refractivity contribution in [2.45, 2.75) is 44.9 Å². The fourth-order valence-electron chi connectivity index (χ4n) is 3.92. The van der Waals surface area contributed by atoms with Crippen LogP contribution in [0.15, 0.2) is 6.20 Å². The molecule has 1 fully saturated rings. The first kappa shape index (κ1) is 18.6. The number of aryl methyl sites for hydroxylation is 1. The van der Waals surface area contributed by atoms with Crippen LogP contribution in [0.1, 0.15) is 31.5 Å². The van der Waals surface area contributed by atoms with Crippen molar-refractivity contribution in [1.82, 2.24) is 29.5 Å². The molecule has 29 heavy (non-hydrogen) atoms. The second-order valence-electron chi connectivity index (χ2n) is 7.62. The average molecular weight is 422 g/mol. The standard InChI is InChI=1S/C18H21ClFN7O2/c1-10-13-16(25-27(10)12-4-7-28-9-18(12,2)20)29-6-3-5-26-15-11(14(19)24-26)8-21-17(22-13)23-15/h8,12H,3-7,9H2,1-2H3,(H,21,22,23)/t12?,18-/m0/s1. The first-order valence-corrected chi connectivity index (χ1v) is 9.96. The molecular formula is C18H21ClFN7O2. The van der Waals surface area contributed by atoms with Crippen molar-refractivity contribution in [2.75, 3.05) is 25.1 Å². The number of fused-ring (bicyclic) bond motifs is 2. The Morgan fingerprint density at radius 1 is 1.34 bits per heavy atom. The summed E-state index contributed by atoms with van der Waals surface area (Å²) in [4.78, 5) is 8.93. The van der Waals surface area contributed by atoms with E-state index in [4.69, 9.17) is 21.1 Å². The fraction of sp³-hybridized carbons (Fsp3) is 0.556. The summed E-state index contributed by atoms with van der Waals surface area (Å²) in [6.07, 6.45) is 2.87. The van der Waals surface area contributed by atoms with Gasteiger partial charge in [0.2, 0.25) is 5.95 Å². The van der Waals surface area contributed by atoms with Crippen LogP contribution in [-0.2, 0) is 11.3 Å². The van der Waals surface area contributed by atoms with E-state index in [9.17, 15) is 0 Å². The molecule has 2 aliphatic heterocycles. The number of halogens is 2. The summed E-state index contributed by atoms with van der Waals surface area (Å²) >= 11 is 6.20. The first-order chi connectivity index (χ1) is 13.9. The maximum absolute atomic E-state index is 15.1. The van der Waals surface area contributed by atoms with Crippen molar-refractivity contribution in [3.63, 3.8) is 0 Å². The summed E-state index contributed by atoms with van der Waals surface area (Å²) in [7, 11) is 0. The number of anilines is 2. The zero-order valence-corrected chi connectivity index (χ0v) is 16.9. The number of hydrogen-bond acceptors (Lipinski definition) is 7. The maximum Gasteiger partial charge on any atom is 0.257 e. The molecule has 11 heteroatoms. The molecule has 3 aromatic heterocycles. The van der Waals surface area contributed by atoms with Gasteiger partial charge in [0.25, 0.3) is 5.88 Å². The highest BCUT2D eigenvalue weighted by molar-refractivity contribution is 6.34. The number of ether oxygens (including phenoxy) is 2. The average Bonchev–Trinajstić information content (AvgIpc) is 3.15. The van der Waals surface area contributed by atoms with Crippen LogP contribution < -0.4 is 10.1 Å². The molecule has 9 nitrogen and oxygen atoms in total. The second kappa shape index (κ2) is 6.81. The lowest BCUT2D eigenvalue weighted by Gasteiger charge is -2.35. The van der Waals surface area contributed by atoms with Gasteiger partial charge in [-0.05, 0) is 20.3 Å². The van der Waals surface area contributed by atoms with Gasteiger partial charge >= 0.3 is 0 Å². The number of hydrogen-bond donors (Lipinski definition) is 1. The molecular weight excluding hydrogens is 401 g/mol. The Kier molecular flexibility index (Phi) is 4.36. The predicted octanol–water partition coefficient (Wildman–Crippen LogP) is 3.20. The van der Waals surface area contributed by atoms with Gasteiger partial charge in [0.05, 0.1) is 30.3 Å². The van der Waals surface area contributed by atoms with Gasteiger partial charge in [0.1, 0.15) is 5.69 Å². The third-order valence-electron chi connectivity index (χ3n) is 5.46. The van der Waals surface area contributed by atoms with Crippen molar-refractivity contribution in [3.05, 3.63) is 17.0 Å². The summed E-state index contributed by atoms with van der Waals surface area (Å²) in [6, 6.07) is -0.439. The Balaban J connectivity index is 1.59. The molecule has 2 aliphatic rings. The van der Waals surface area contributed by atoms with Crippen molar-refractivity contribution >= 4 is 34.3 Å². The molecule has 0 spiro atoms. The summed E-state index contributed by atoms with van der Waals surface area (Å²) in [5, 5.41) is 13.2. The molecule has 3 aromatic rings. The largest absolute Gasteiger partial charge is 0.475 e. The normalized spacial score (nSPS) is 24.6. The molecule has 5 rings (SSSR count). The Bertz CT molecular complexity index is 1080. The number of aromatic nitrogens is 6. The van der Waals surface area contributed by atoms with Crippen molar-refractivity contribution in [3.8, 4) is 5.88 Å². The zero-order chi connectivity index (χ0) is 20.2. The third-order valence-corrected chi connectivity index (χ3v) is 5.74. The molecule has 0 radical (unpaired) electrons. The minimum absolute atomic E-state index is 0.0421. The van der Waals surface area contributed by atoms with Gasteiger partial charge in [0.15, 0.2) is 16.5 Å². The maximum atomic E-state index is 15.1. The molecule has 1 N–H and O–H groups in total. The lowest BCUT2D eigenvalue weighted by Crippen LogP contribution is -2.42. The Hall–Kier alpha value is -2.46. The molecule has 0 aliphatic carbocycles. The van der Waals surface area contributed by atoms with Crippen molar-refractivity contribution in [2.24, 2.45) is 0 Å². The minimum Gasteiger partial charge on any atom is -0.475 e. The molecule has 154 valence electrons. The molecule has 0 saturated carbocycles. The van der Waals surface area contributed by atoms with Gasteiger partial charge < -0.3 is 14.8 Å². The van der Waals surface area contributed by atoms with E-state index in [0.717, 1.165) is 5.69 Å². The SMILES string of the molecule is Cc1c2c(nn1C1CCOC[C@]1(C)F)OCCCn1nc(Cl)c3cnc(nc31)N2. The number of nitrogens with one attached hydrogen (secondary N) is 1. The van der Waals surface area contributed by atoms with Gasteiger partial charge in [-0.25, -0.2) is 14.1 Å². The van der Waals surface area contributed by atoms with E-state index in [-0.39, 0.29) is 6.61 Å². The van der Waals surface area contributed by atoms with Crippen LogP contribution in [0.5, 0.6) is 5.88 Å². The van der Waals surface area contributed by atoms with E-state index in [1.807, 2.05) is 6.92 Å². The van der Waals surface area contributed by atoms with Crippen molar-refractivity contribution in [1.29, 1.82) is 0 Å². The monoisotopic (exact) mass is 421 g/mol. The van der Waals surface area contributed by atoms with E-state index in [0.29, 0.717) is 66.3 Å². The highest BCUT2D eigenvalue weighted by atomic mass is 35.5. The van der Waals surface area contributed by atoms with Crippen LogP contribution in [0.3, 0.4) is 0 Å². The second-order valence-corrected chi connectivity index (χ2v) is 7.98. The van der Waals surface area contributed by atoms with Gasteiger partial charge in [-0.15, -0.1) is 5.10 Å². The number of rotatable bonds is 1. The Morgan fingerprint density at radius 2 is 2.21 bits per heavy atom. The molecule has 1 unspecified atom stereocenters. The number of alkyl halides is 1. The smallest absolute Gasteiger partial charge is 0.257 e. The molecule has 0 aromatic carbocycles. The lowest BCUT2D eigenvalue weighted by atomic mass is 9.94. The zero-order valence-electron chi connectivity index (χ0n) is 16.2. The topological polar surface area (TPSA) is 91.9 Å². The molecule has 1 saturated heterocycles. The highest BCUT2D eigenvalue weighted by Crippen LogP contribution is 2.39. The van der Waals surface area contributed by atoms with Crippen LogP contribution in [-0.4, -0.2) is 55.0 Å². The fourth-order valence-corrected chi connectivity index (χ4v) is 4.14. The minimum atomic E-state index is -1.52. The quantitative estimate of drug-likeness (QED) is 0.645. The third kappa shape index (κ3) is 3.10. The van der Waals surface area contributed by atoms with Crippen LogP contribution in [0.25, 0.3) is 11.0 Å². The summed E-state index contributed by atoms with van der Waals surface area (Å²) in [6.45, 7) is 4.98. The van der Waals surface area contributed by atoms with Crippen LogP contribution in [0.4, 0.5) is 16.0 Å². The predicted molar refractivity (Wildman–Crippen MR) is 105 cm³/mol. The van der Waals surface area contributed by atoms with E-state index in [1.54, 1.807) is 22.5 Å². The highest BCUT2D eigenvalue weighted by Gasteiger charge is 2.41. The Morgan fingerprint density at radius 3 is 3.03 bits per heavy atom. The van der Waals surface area contributed by atoms with E-state index in [2.05, 4.69) is 25.5 Å². The summed E-state index contributed by atoms with van der Waals surface area (Å²) < 4.78 is 29.8. The summed E-state index contributed by atoms with van der Waals surface area (Å²) in [5.41, 5.74) is 0.519. The molecule has 0 amide bonds. The van der Waals surface area contributed by atoms with Gasteiger partial charge in [-0.2, -0.15) is 10.1 Å². The van der Waals surface area contributed by atoms with Crippen molar-refractivity contribution < 1.29 is 13.9 Å². The number of nitrogens with zero attached hydrogens (tertiary/aromatic N) is 6. The first-order valence-electron chi connectivity index (χ1n) is 9.59. The summed E-state index contributed by atoms with van der Waals surface area (Å²) in [5.74, 6) is 0.783. The van der Waals surface area contributed by atoms with Crippen LogP contribution in [0.2, 0.25) is 5.15 Å². The van der Waals surface area contributed by atoms with E-state index < -0.39 is 11.7 Å². The van der Waals surface area contributed by atoms with E-state index in [1.165, 1.54) is 0 Å². The van der Waals surface area contributed by atoms with Crippen LogP contribution in [0, 0.1) is 6.92 Å².